The number of halogens is 1. The van der Waals surface area contributed by atoms with E-state index in [4.69, 9.17) is 4.42 Å². The van der Waals surface area contributed by atoms with Crippen LogP contribution >= 0.6 is 15.9 Å². The Kier molecular flexibility index (Phi) is 3.97. The van der Waals surface area contributed by atoms with Gasteiger partial charge in [-0.05, 0) is 18.4 Å². The third kappa shape index (κ3) is 3.70. The molecular formula is C11H16BrNO2. The fraction of sp³-hybridized carbons (Fsp3) is 0.545. The molecule has 0 fully saturated rings. The number of hydrogen-bond acceptors (Lipinski definition) is 2. The summed E-state index contributed by atoms with van der Waals surface area (Å²) in [6.07, 6.45) is 1.48. The molecule has 0 radical (unpaired) electrons. The molecule has 1 aromatic heterocycles. The molecule has 0 aromatic carbocycles. The van der Waals surface area contributed by atoms with Crippen molar-refractivity contribution in [1.29, 1.82) is 0 Å². The largest absolute Gasteiger partial charge is 0.469 e. The van der Waals surface area contributed by atoms with Crippen LogP contribution in [0.2, 0.25) is 0 Å². The molecule has 0 aliphatic carbocycles. The van der Waals surface area contributed by atoms with E-state index < -0.39 is 0 Å². The van der Waals surface area contributed by atoms with Crippen molar-refractivity contribution in [2.45, 2.75) is 20.8 Å². The second-order valence-corrected chi connectivity index (χ2v) is 4.99. The lowest BCUT2D eigenvalue weighted by atomic mass is 9.97. The number of furan rings is 1. The molecule has 0 saturated heterocycles. The van der Waals surface area contributed by atoms with Crippen LogP contribution in [0.3, 0.4) is 0 Å². The maximum atomic E-state index is 11.6. The Morgan fingerprint density at radius 3 is 2.73 bits per heavy atom. The Hall–Kier alpha value is -0.770. The van der Waals surface area contributed by atoms with E-state index in [0.717, 1.165) is 11.1 Å². The van der Waals surface area contributed by atoms with Crippen LogP contribution in [0.25, 0.3) is 0 Å². The van der Waals surface area contributed by atoms with Crippen LogP contribution < -0.4 is 5.32 Å². The van der Waals surface area contributed by atoms with Gasteiger partial charge in [-0.1, -0.05) is 29.8 Å². The van der Waals surface area contributed by atoms with Gasteiger partial charge in [0.1, 0.15) is 12.0 Å². The van der Waals surface area contributed by atoms with Crippen molar-refractivity contribution in [3.05, 3.63) is 23.7 Å². The Bertz CT molecular complexity index is 344. The van der Waals surface area contributed by atoms with Gasteiger partial charge in [0.2, 0.25) is 0 Å². The zero-order valence-corrected chi connectivity index (χ0v) is 10.8. The Labute approximate surface area is 98.4 Å². The van der Waals surface area contributed by atoms with Gasteiger partial charge >= 0.3 is 0 Å². The average molecular weight is 274 g/mol. The summed E-state index contributed by atoms with van der Waals surface area (Å²) in [7, 11) is 0. The van der Waals surface area contributed by atoms with Crippen molar-refractivity contribution >= 4 is 21.8 Å². The van der Waals surface area contributed by atoms with Gasteiger partial charge < -0.3 is 9.73 Å². The molecule has 1 rings (SSSR count). The fourth-order valence-electron chi connectivity index (χ4n) is 1.03. The molecule has 0 atom stereocenters. The number of aryl methyl sites for hydroxylation is 1. The van der Waals surface area contributed by atoms with E-state index in [1.165, 1.54) is 6.26 Å². The molecule has 1 aromatic rings. The summed E-state index contributed by atoms with van der Waals surface area (Å²) in [5.74, 6) is 0.667. The molecule has 4 heteroatoms. The zero-order valence-electron chi connectivity index (χ0n) is 9.26. The highest BCUT2D eigenvalue weighted by molar-refractivity contribution is 9.09. The van der Waals surface area contributed by atoms with E-state index in [0.29, 0.717) is 12.1 Å². The average Bonchev–Trinajstić information content (AvgIpc) is 2.61. The number of amides is 1. The third-order valence-corrected chi connectivity index (χ3v) is 3.60. The molecule has 0 aliphatic rings. The Morgan fingerprint density at radius 2 is 2.27 bits per heavy atom. The molecule has 84 valence electrons. The smallest absolute Gasteiger partial charge is 0.254 e. The lowest BCUT2D eigenvalue weighted by Crippen LogP contribution is -2.34. The first-order chi connectivity index (χ1) is 6.94. The minimum Gasteiger partial charge on any atom is -0.469 e. The molecule has 0 bridgehead atoms. The van der Waals surface area contributed by atoms with Crippen molar-refractivity contribution in [2.24, 2.45) is 5.41 Å². The molecule has 1 heterocycles. The van der Waals surface area contributed by atoms with Gasteiger partial charge in [0, 0.05) is 11.9 Å². The van der Waals surface area contributed by atoms with Gasteiger partial charge in [-0.2, -0.15) is 0 Å². The SMILES string of the molecule is Cc1cc(C(=O)NCC(C)(C)CBr)co1. The van der Waals surface area contributed by atoms with E-state index in [-0.39, 0.29) is 11.3 Å². The van der Waals surface area contributed by atoms with Crippen molar-refractivity contribution in [2.75, 3.05) is 11.9 Å². The third-order valence-electron chi connectivity index (χ3n) is 2.08. The van der Waals surface area contributed by atoms with Gasteiger partial charge in [-0.25, -0.2) is 0 Å². The lowest BCUT2D eigenvalue weighted by Gasteiger charge is -2.21. The standard InChI is InChI=1S/C11H16BrNO2/c1-8-4-9(5-15-8)10(14)13-7-11(2,3)6-12/h4-5H,6-7H2,1-3H3,(H,13,14). The van der Waals surface area contributed by atoms with Crippen LogP contribution in [0.1, 0.15) is 30.0 Å². The molecule has 0 spiro atoms. The van der Waals surface area contributed by atoms with Crippen LogP contribution in [0.15, 0.2) is 16.7 Å². The van der Waals surface area contributed by atoms with Gasteiger partial charge in [0.15, 0.2) is 0 Å². The van der Waals surface area contributed by atoms with E-state index >= 15 is 0 Å². The zero-order chi connectivity index (χ0) is 11.5. The van der Waals surface area contributed by atoms with Gasteiger partial charge in [0.25, 0.3) is 5.91 Å². The number of carbonyl (C=O) groups is 1. The van der Waals surface area contributed by atoms with Crippen LogP contribution in [0, 0.1) is 12.3 Å². The van der Waals surface area contributed by atoms with Crippen LogP contribution in [0.5, 0.6) is 0 Å². The molecule has 0 unspecified atom stereocenters. The van der Waals surface area contributed by atoms with Gasteiger partial charge in [0.05, 0.1) is 5.56 Å². The summed E-state index contributed by atoms with van der Waals surface area (Å²) >= 11 is 3.41. The van der Waals surface area contributed by atoms with Crippen molar-refractivity contribution < 1.29 is 9.21 Å². The maximum Gasteiger partial charge on any atom is 0.254 e. The molecule has 0 aliphatic heterocycles. The summed E-state index contributed by atoms with van der Waals surface area (Å²) < 4.78 is 5.07. The van der Waals surface area contributed by atoms with Crippen LogP contribution in [-0.4, -0.2) is 17.8 Å². The Morgan fingerprint density at radius 1 is 1.60 bits per heavy atom. The minimum absolute atomic E-state index is 0.0639. The molecule has 1 N–H and O–H groups in total. The molecule has 15 heavy (non-hydrogen) atoms. The molecule has 3 nitrogen and oxygen atoms in total. The van der Waals surface area contributed by atoms with Gasteiger partial charge in [-0.3, -0.25) is 4.79 Å². The number of nitrogens with one attached hydrogen (secondary N) is 1. The van der Waals surface area contributed by atoms with Crippen molar-refractivity contribution in [3.63, 3.8) is 0 Å². The summed E-state index contributed by atoms with van der Waals surface area (Å²) in [6.45, 7) is 6.63. The Balaban J connectivity index is 2.50. The first-order valence-electron chi connectivity index (χ1n) is 4.84. The summed E-state index contributed by atoms with van der Waals surface area (Å²) in [5.41, 5.74) is 0.645. The normalized spacial score (nSPS) is 11.5. The number of hydrogen-bond donors (Lipinski definition) is 1. The van der Waals surface area contributed by atoms with E-state index in [2.05, 4.69) is 35.1 Å². The topological polar surface area (TPSA) is 42.2 Å². The second kappa shape index (κ2) is 4.84. The van der Waals surface area contributed by atoms with E-state index in [1.807, 2.05) is 6.92 Å². The molecule has 0 saturated carbocycles. The monoisotopic (exact) mass is 273 g/mol. The summed E-state index contributed by atoms with van der Waals surface area (Å²) in [4.78, 5) is 11.6. The first kappa shape index (κ1) is 12.3. The fourth-order valence-corrected chi connectivity index (χ4v) is 1.23. The van der Waals surface area contributed by atoms with E-state index in [1.54, 1.807) is 6.07 Å². The number of rotatable bonds is 4. The predicted molar refractivity (Wildman–Crippen MR) is 63.4 cm³/mol. The quantitative estimate of drug-likeness (QED) is 0.858. The summed E-state index contributed by atoms with van der Waals surface area (Å²) in [6, 6.07) is 1.73. The lowest BCUT2D eigenvalue weighted by molar-refractivity contribution is 0.0939. The van der Waals surface area contributed by atoms with Gasteiger partial charge in [-0.15, -0.1) is 0 Å². The van der Waals surface area contributed by atoms with Crippen molar-refractivity contribution in [3.8, 4) is 0 Å². The highest BCUT2D eigenvalue weighted by Gasteiger charge is 2.18. The highest BCUT2D eigenvalue weighted by atomic mass is 79.9. The molecular weight excluding hydrogens is 258 g/mol. The van der Waals surface area contributed by atoms with Crippen molar-refractivity contribution in [1.82, 2.24) is 5.32 Å². The predicted octanol–water partition coefficient (Wildman–Crippen LogP) is 2.74. The number of carbonyl (C=O) groups excluding carboxylic acids is 1. The van der Waals surface area contributed by atoms with E-state index in [9.17, 15) is 4.79 Å². The highest BCUT2D eigenvalue weighted by Crippen LogP contribution is 2.16. The molecule has 1 amide bonds. The van der Waals surface area contributed by atoms with Crippen LogP contribution in [-0.2, 0) is 0 Å². The first-order valence-corrected chi connectivity index (χ1v) is 5.96. The maximum absolute atomic E-state index is 11.6. The second-order valence-electron chi connectivity index (χ2n) is 4.43. The number of alkyl halides is 1. The minimum atomic E-state index is -0.0825. The summed E-state index contributed by atoms with van der Waals surface area (Å²) in [5, 5.41) is 3.73. The van der Waals surface area contributed by atoms with Crippen LogP contribution in [0.4, 0.5) is 0 Å².